The van der Waals surface area contributed by atoms with Crippen LogP contribution in [-0.4, -0.2) is 22.5 Å². The largest absolute Gasteiger partial charge is 0.496 e. The van der Waals surface area contributed by atoms with Gasteiger partial charge in [0, 0.05) is 5.69 Å². The molecule has 26 heavy (non-hydrogen) atoms. The third-order valence-electron chi connectivity index (χ3n) is 3.79. The van der Waals surface area contributed by atoms with Gasteiger partial charge in [0.15, 0.2) is 0 Å². The van der Waals surface area contributed by atoms with Gasteiger partial charge in [-0.2, -0.15) is 5.26 Å². The Balaban J connectivity index is 2.33. The number of rotatable bonds is 5. The molecule has 0 aliphatic heterocycles. The molecule has 2 aromatic rings. The average Bonchev–Trinajstić information content (AvgIpc) is 2.59. The summed E-state index contributed by atoms with van der Waals surface area (Å²) in [5, 5.41) is 22.7. The van der Waals surface area contributed by atoms with Crippen molar-refractivity contribution in [3.63, 3.8) is 0 Å². The van der Waals surface area contributed by atoms with E-state index in [0.717, 1.165) is 4.57 Å². The lowest BCUT2D eigenvalue weighted by atomic mass is 10.1. The zero-order valence-corrected chi connectivity index (χ0v) is 14.4. The summed E-state index contributed by atoms with van der Waals surface area (Å²) in [6.45, 7) is 2.90. The molecular formula is C17H16N4O5. The Morgan fingerprint density at radius 2 is 2.08 bits per heavy atom. The van der Waals surface area contributed by atoms with Crippen LogP contribution in [0.25, 0.3) is 0 Å². The highest BCUT2D eigenvalue weighted by Crippen LogP contribution is 2.28. The van der Waals surface area contributed by atoms with Gasteiger partial charge in [0.25, 0.3) is 11.2 Å². The van der Waals surface area contributed by atoms with Crippen LogP contribution in [0.5, 0.6) is 5.75 Å². The molecular weight excluding hydrogens is 340 g/mol. The summed E-state index contributed by atoms with van der Waals surface area (Å²) in [5.41, 5.74) is 0.0639. The molecule has 134 valence electrons. The van der Waals surface area contributed by atoms with Gasteiger partial charge in [0.2, 0.25) is 5.91 Å². The van der Waals surface area contributed by atoms with Gasteiger partial charge in [0.05, 0.1) is 18.1 Å². The molecule has 9 heteroatoms. The number of aromatic nitrogens is 1. The summed E-state index contributed by atoms with van der Waals surface area (Å²) < 4.78 is 6.08. The lowest BCUT2D eigenvalue weighted by Crippen LogP contribution is -2.31. The Labute approximate surface area is 148 Å². The molecule has 1 aromatic heterocycles. The molecule has 0 aliphatic carbocycles. The number of methoxy groups -OCH3 is 1. The van der Waals surface area contributed by atoms with Gasteiger partial charge in [-0.15, -0.1) is 0 Å². The van der Waals surface area contributed by atoms with Gasteiger partial charge >= 0.3 is 0 Å². The van der Waals surface area contributed by atoms with Crippen molar-refractivity contribution in [2.75, 3.05) is 12.4 Å². The number of anilines is 1. The predicted octanol–water partition coefficient (Wildman–Crippen LogP) is 1.89. The van der Waals surface area contributed by atoms with Gasteiger partial charge in [-0.1, -0.05) is 0 Å². The Morgan fingerprint density at radius 3 is 2.65 bits per heavy atom. The van der Waals surface area contributed by atoms with Gasteiger partial charge in [0.1, 0.15) is 29.6 Å². The summed E-state index contributed by atoms with van der Waals surface area (Å²) in [7, 11) is 1.37. The van der Waals surface area contributed by atoms with Gasteiger partial charge in [-0.3, -0.25) is 19.7 Å². The molecule has 1 N–H and O–H groups in total. The normalized spacial score (nSPS) is 10.1. The van der Waals surface area contributed by atoms with E-state index in [4.69, 9.17) is 10.00 Å². The number of nitrogens with zero attached hydrogens (tertiary/aromatic N) is 3. The number of nitrogens with one attached hydrogen (secondary N) is 1. The van der Waals surface area contributed by atoms with E-state index in [2.05, 4.69) is 5.32 Å². The van der Waals surface area contributed by atoms with E-state index >= 15 is 0 Å². The second kappa shape index (κ2) is 7.48. The summed E-state index contributed by atoms with van der Waals surface area (Å²) in [6.07, 6.45) is 0. The molecule has 1 heterocycles. The van der Waals surface area contributed by atoms with Crippen molar-refractivity contribution in [1.82, 2.24) is 4.57 Å². The van der Waals surface area contributed by atoms with E-state index in [1.807, 2.05) is 6.07 Å². The molecule has 1 amide bonds. The topological polar surface area (TPSA) is 127 Å². The van der Waals surface area contributed by atoms with E-state index in [1.54, 1.807) is 19.9 Å². The smallest absolute Gasteiger partial charge is 0.296 e. The number of hydrogen-bond acceptors (Lipinski definition) is 6. The Hall–Kier alpha value is -3.67. The average molecular weight is 356 g/mol. The molecule has 0 unspecified atom stereocenters. The first-order valence-corrected chi connectivity index (χ1v) is 7.52. The molecule has 0 radical (unpaired) electrons. The molecule has 2 rings (SSSR count). The quantitative estimate of drug-likeness (QED) is 0.644. The monoisotopic (exact) mass is 356 g/mol. The zero-order valence-electron chi connectivity index (χ0n) is 14.4. The van der Waals surface area contributed by atoms with Crippen LogP contribution in [0.1, 0.15) is 16.8 Å². The van der Waals surface area contributed by atoms with Gasteiger partial charge < -0.3 is 14.6 Å². The van der Waals surface area contributed by atoms with E-state index in [-0.39, 0.29) is 29.2 Å². The van der Waals surface area contributed by atoms with Crippen molar-refractivity contribution in [2.24, 2.45) is 0 Å². The molecule has 0 spiro atoms. The minimum atomic E-state index is -0.644. The van der Waals surface area contributed by atoms with Gasteiger partial charge in [-0.05, 0) is 37.6 Å². The summed E-state index contributed by atoms with van der Waals surface area (Å²) >= 11 is 0. The van der Waals surface area contributed by atoms with Crippen molar-refractivity contribution in [3.05, 3.63) is 61.6 Å². The minimum absolute atomic E-state index is 0.0147. The SMILES string of the molecule is COc1ccc(NC(=O)Cn2c(C)cc(C)c(C#N)c2=O)c([N+](=O)[O-])c1. The maximum absolute atomic E-state index is 12.3. The number of pyridine rings is 1. The number of nitro benzene ring substituents is 1. The Morgan fingerprint density at radius 1 is 1.38 bits per heavy atom. The minimum Gasteiger partial charge on any atom is -0.496 e. The van der Waals surface area contributed by atoms with Crippen LogP contribution >= 0.6 is 0 Å². The maximum Gasteiger partial charge on any atom is 0.296 e. The van der Waals surface area contributed by atoms with Crippen molar-refractivity contribution < 1.29 is 14.5 Å². The number of hydrogen-bond donors (Lipinski definition) is 1. The molecule has 0 fully saturated rings. The first-order valence-electron chi connectivity index (χ1n) is 7.52. The van der Waals surface area contributed by atoms with E-state index < -0.39 is 16.4 Å². The van der Waals surface area contributed by atoms with Crippen molar-refractivity contribution >= 4 is 17.3 Å². The number of amides is 1. The van der Waals surface area contributed by atoms with E-state index in [9.17, 15) is 19.7 Å². The summed E-state index contributed by atoms with van der Waals surface area (Å²) in [6, 6.07) is 7.46. The molecule has 1 aromatic carbocycles. The standard InChI is InChI=1S/C17H16N4O5/c1-10-6-11(2)20(17(23)13(10)8-18)9-16(22)19-14-5-4-12(26-3)7-15(14)21(24)25/h4-7H,9H2,1-3H3,(H,19,22). The van der Waals surface area contributed by atoms with E-state index in [0.29, 0.717) is 11.3 Å². The third-order valence-corrected chi connectivity index (χ3v) is 3.79. The fourth-order valence-electron chi connectivity index (χ4n) is 2.49. The van der Waals surface area contributed by atoms with Crippen LogP contribution in [0.2, 0.25) is 0 Å². The Kier molecular flexibility index (Phi) is 5.37. The van der Waals surface area contributed by atoms with E-state index in [1.165, 1.54) is 25.3 Å². The summed E-state index contributed by atoms with van der Waals surface area (Å²) in [5.74, 6) is -0.352. The molecule has 0 bridgehead atoms. The number of aryl methyl sites for hydroxylation is 2. The number of nitriles is 1. The second-order valence-corrected chi connectivity index (χ2v) is 5.54. The molecule has 0 saturated carbocycles. The van der Waals surface area contributed by atoms with Crippen molar-refractivity contribution in [1.29, 1.82) is 5.26 Å². The van der Waals surface area contributed by atoms with Crippen molar-refractivity contribution in [3.8, 4) is 11.8 Å². The fraction of sp³-hybridized carbons (Fsp3) is 0.235. The van der Waals surface area contributed by atoms with Crippen LogP contribution in [0.4, 0.5) is 11.4 Å². The fourth-order valence-corrected chi connectivity index (χ4v) is 2.49. The number of carbonyl (C=O) groups is 1. The van der Waals surface area contributed by atoms with Crippen LogP contribution in [0.3, 0.4) is 0 Å². The molecule has 0 atom stereocenters. The highest BCUT2D eigenvalue weighted by atomic mass is 16.6. The Bertz CT molecular complexity index is 988. The number of carbonyl (C=O) groups excluding carboxylic acids is 1. The lowest BCUT2D eigenvalue weighted by Gasteiger charge is -2.12. The number of ether oxygens (including phenoxy) is 1. The molecule has 9 nitrogen and oxygen atoms in total. The van der Waals surface area contributed by atoms with Crippen molar-refractivity contribution in [2.45, 2.75) is 20.4 Å². The number of benzene rings is 1. The van der Waals surface area contributed by atoms with Crippen LogP contribution < -0.4 is 15.6 Å². The highest BCUT2D eigenvalue weighted by molar-refractivity contribution is 5.93. The maximum atomic E-state index is 12.3. The third kappa shape index (κ3) is 3.70. The lowest BCUT2D eigenvalue weighted by molar-refractivity contribution is -0.384. The zero-order chi connectivity index (χ0) is 19.4. The number of nitro groups is 1. The molecule has 0 aliphatic rings. The molecule has 0 saturated heterocycles. The second-order valence-electron chi connectivity index (χ2n) is 5.54. The first-order chi connectivity index (χ1) is 12.3. The highest BCUT2D eigenvalue weighted by Gasteiger charge is 2.19. The van der Waals surface area contributed by atoms with Crippen LogP contribution in [0.15, 0.2) is 29.1 Å². The van der Waals surface area contributed by atoms with Crippen LogP contribution in [0, 0.1) is 35.3 Å². The van der Waals surface area contributed by atoms with Gasteiger partial charge in [-0.25, -0.2) is 0 Å². The predicted molar refractivity (Wildman–Crippen MR) is 93.2 cm³/mol. The summed E-state index contributed by atoms with van der Waals surface area (Å²) in [4.78, 5) is 35.1. The first kappa shape index (κ1) is 18.7. The van der Waals surface area contributed by atoms with Crippen LogP contribution in [-0.2, 0) is 11.3 Å².